The summed E-state index contributed by atoms with van der Waals surface area (Å²) in [6, 6.07) is 3.70. The summed E-state index contributed by atoms with van der Waals surface area (Å²) in [6.07, 6.45) is 5.04. The Labute approximate surface area is 141 Å². The number of nitrogens with zero attached hydrogens (tertiary/aromatic N) is 4. The van der Waals surface area contributed by atoms with Crippen molar-refractivity contribution < 1.29 is 14.3 Å². The molecule has 0 radical (unpaired) electrons. The Bertz CT molecular complexity index is 570. The number of likely N-dealkylation sites (tertiary alicyclic amines) is 1. The Balaban J connectivity index is 1.38. The summed E-state index contributed by atoms with van der Waals surface area (Å²) in [5.74, 6) is 0.436. The van der Waals surface area contributed by atoms with Crippen molar-refractivity contribution in [1.29, 1.82) is 0 Å². The van der Waals surface area contributed by atoms with Crippen LogP contribution < -0.4 is 4.90 Å². The predicted molar refractivity (Wildman–Crippen MR) is 87.9 cm³/mol. The summed E-state index contributed by atoms with van der Waals surface area (Å²) in [5.41, 5.74) is 0.441. The monoisotopic (exact) mass is 332 g/mol. The first kappa shape index (κ1) is 15.8. The number of hydrogen-bond donors (Lipinski definition) is 0. The van der Waals surface area contributed by atoms with Crippen LogP contribution in [0.1, 0.15) is 42.6 Å². The van der Waals surface area contributed by atoms with Crippen LogP contribution in [0.2, 0.25) is 0 Å². The lowest BCUT2D eigenvalue weighted by Crippen LogP contribution is -2.45. The Hall–Kier alpha value is -1.73. The van der Waals surface area contributed by atoms with Gasteiger partial charge in [0.15, 0.2) is 17.3 Å². The number of ether oxygens (including phenoxy) is 2. The van der Waals surface area contributed by atoms with Gasteiger partial charge in [0.25, 0.3) is 5.91 Å². The number of hydrogen-bond acceptors (Lipinski definition) is 6. The van der Waals surface area contributed by atoms with Gasteiger partial charge in [-0.2, -0.15) is 0 Å². The highest BCUT2D eigenvalue weighted by atomic mass is 16.7. The molecule has 0 atom stereocenters. The van der Waals surface area contributed by atoms with Crippen molar-refractivity contribution in [2.45, 2.75) is 37.9 Å². The molecule has 1 spiro atoms. The van der Waals surface area contributed by atoms with Gasteiger partial charge in [-0.1, -0.05) is 0 Å². The van der Waals surface area contributed by atoms with Gasteiger partial charge in [0.05, 0.1) is 13.2 Å². The minimum absolute atomic E-state index is 0.000831. The molecule has 7 heteroatoms. The highest BCUT2D eigenvalue weighted by Crippen LogP contribution is 2.32. The van der Waals surface area contributed by atoms with E-state index in [0.29, 0.717) is 18.9 Å². The molecule has 0 aromatic carbocycles. The van der Waals surface area contributed by atoms with Crippen molar-refractivity contribution in [3.63, 3.8) is 0 Å². The van der Waals surface area contributed by atoms with Crippen molar-refractivity contribution in [3.8, 4) is 0 Å². The maximum Gasteiger partial charge on any atom is 0.274 e. The summed E-state index contributed by atoms with van der Waals surface area (Å²) in [7, 11) is 0. The zero-order chi connectivity index (χ0) is 16.4. The fourth-order valence-electron chi connectivity index (χ4n) is 3.73. The van der Waals surface area contributed by atoms with Gasteiger partial charge in [-0.3, -0.25) is 4.79 Å². The van der Waals surface area contributed by atoms with E-state index in [1.54, 1.807) is 6.07 Å². The molecule has 1 amide bonds. The Morgan fingerprint density at radius 3 is 2.29 bits per heavy atom. The molecule has 0 bridgehead atoms. The van der Waals surface area contributed by atoms with Gasteiger partial charge in [-0.25, -0.2) is 0 Å². The van der Waals surface area contributed by atoms with E-state index >= 15 is 0 Å². The third kappa shape index (κ3) is 3.10. The number of anilines is 1. The van der Waals surface area contributed by atoms with Gasteiger partial charge >= 0.3 is 0 Å². The molecule has 130 valence electrons. The molecule has 7 nitrogen and oxygen atoms in total. The van der Waals surface area contributed by atoms with Crippen LogP contribution in [0.15, 0.2) is 12.1 Å². The second-order valence-corrected chi connectivity index (χ2v) is 6.72. The van der Waals surface area contributed by atoms with Crippen LogP contribution in [-0.2, 0) is 9.47 Å². The van der Waals surface area contributed by atoms with Crippen molar-refractivity contribution >= 4 is 11.7 Å². The van der Waals surface area contributed by atoms with E-state index in [-0.39, 0.29) is 11.7 Å². The van der Waals surface area contributed by atoms with Crippen LogP contribution >= 0.6 is 0 Å². The zero-order valence-electron chi connectivity index (χ0n) is 13.9. The zero-order valence-corrected chi connectivity index (χ0v) is 13.9. The molecule has 0 N–H and O–H groups in total. The van der Waals surface area contributed by atoms with E-state index in [9.17, 15) is 4.79 Å². The Kier molecular flexibility index (Phi) is 4.37. The summed E-state index contributed by atoms with van der Waals surface area (Å²) >= 11 is 0. The Morgan fingerprint density at radius 1 is 0.958 bits per heavy atom. The van der Waals surface area contributed by atoms with Gasteiger partial charge in [-0.15, -0.1) is 10.2 Å². The minimum Gasteiger partial charge on any atom is -0.355 e. The van der Waals surface area contributed by atoms with E-state index in [0.717, 1.165) is 57.7 Å². The normalized spacial score (nSPS) is 23.7. The minimum atomic E-state index is -0.381. The molecule has 0 saturated carbocycles. The average Bonchev–Trinajstić information content (AvgIpc) is 3.11. The number of carbonyl (C=O) groups is 1. The SMILES string of the molecule is O=C(c1ccc(N2CCC3(CC2)OCCO3)nn1)N1CCCCC1. The summed E-state index contributed by atoms with van der Waals surface area (Å²) < 4.78 is 11.5. The highest BCUT2D eigenvalue weighted by molar-refractivity contribution is 5.92. The van der Waals surface area contributed by atoms with E-state index in [1.165, 1.54) is 6.42 Å². The lowest BCUT2D eigenvalue weighted by Gasteiger charge is -2.37. The number of rotatable bonds is 2. The van der Waals surface area contributed by atoms with E-state index in [2.05, 4.69) is 15.1 Å². The standard InChI is InChI=1S/C17H24N4O3/c22-16(21-8-2-1-3-9-21)14-4-5-15(19-18-14)20-10-6-17(7-11-20)23-12-13-24-17/h4-5H,1-3,6-13H2. The van der Waals surface area contributed by atoms with Gasteiger partial charge in [-0.05, 0) is 31.4 Å². The molecule has 0 unspecified atom stereocenters. The molecule has 1 aromatic rings. The number of piperidine rings is 2. The lowest BCUT2D eigenvalue weighted by atomic mass is 10.0. The molecular weight excluding hydrogens is 308 g/mol. The van der Waals surface area contributed by atoms with Crippen molar-refractivity contribution in [2.75, 3.05) is 44.3 Å². The first-order chi connectivity index (χ1) is 11.8. The van der Waals surface area contributed by atoms with E-state index < -0.39 is 0 Å². The quantitative estimate of drug-likeness (QED) is 0.816. The molecule has 0 aliphatic carbocycles. The summed E-state index contributed by atoms with van der Waals surface area (Å²) in [5, 5.41) is 8.45. The molecule has 3 saturated heterocycles. The highest BCUT2D eigenvalue weighted by Gasteiger charge is 2.40. The second kappa shape index (κ2) is 6.64. The number of carbonyl (C=O) groups excluding carboxylic acids is 1. The predicted octanol–water partition coefficient (Wildman–Crippen LogP) is 1.45. The van der Waals surface area contributed by atoms with Gasteiger partial charge < -0.3 is 19.3 Å². The first-order valence-corrected chi connectivity index (χ1v) is 8.92. The first-order valence-electron chi connectivity index (χ1n) is 8.92. The van der Waals surface area contributed by atoms with Crippen molar-refractivity contribution in [2.24, 2.45) is 0 Å². The number of amides is 1. The third-order valence-electron chi connectivity index (χ3n) is 5.18. The topological polar surface area (TPSA) is 67.8 Å². The molecule has 3 fully saturated rings. The van der Waals surface area contributed by atoms with Crippen molar-refractivity contribution in [3.05, 3.63) is 17.8 Å². The van der Waals surface area contributed by atoms with Crippen LogP contribution in [-0.4, -0.2) is 66.2 Å². The molecule has 4 rings (SSSR count). The largest absolute Gasteiger partial charge is 0.355 e. The maximum absolute atomic E-state index is 12.4. The molecule has 3 aliphatic heterocycles. The second-order valence-electron chi connectivity index (χ2n) is 6.72. The maximum atomic E-state index is 12.4. The van der Waals surface area contributed by atoms with E-state index in [4.69, 9.17) is 9.47 Å². The van der Waals surface area contributed by atoms with Crippen LogP contribution in [0.3, 0.4) is 0 Å². The fourth-order valence-corrected chi connectivity index (χ4v) is 3.73. The Morgan fingerprint density at radius 2 is 1.67 bits per heavy atom. The summed E-state index contributed by atoms with van der Waals surface area (Å²) in [6.45, 7) is 4.69. The average molecular weight is 332 g/mol. The van der Waals surface area contributed by atoms with Gasteiger partial charge in [0.2, 0.25) is 0 Å². The van der Waals surface area contributed by atoms with Crippen LogP contribution in [0, 0.1) is 0 Å². The summed E-state index contributed by atoms with van der Waals surface area (Å²) in [4.78, 5) is 16.5. The lowest BCUT2D eigenvalue weighted by molar-refractivity contribution is -0.169. The number of aromatic nitrogens is 2. The molecule has 4 heterocycles. The fraction of sp³-hybridized carbons (Fsp3) is 0.706. The van der Waals surface area contributed by atoms with Crippen molar-refractivity contribution in [1.82, 2.24) is 15.1 Å². The molecule has 1 aromatic heterocycles. The van der Waals surface area contributed by atoms with Crippen LogP contribution in [0.25, 0.3) is 0 Å². The van der Waals surface area contributed by atoms with Crippen LogP contribution in [0.5, 0.6) is 0 Å². The van der Waals surface area contributed by atoms with Crippen LogP contribution in [0.4, 0.5) is 5.82 Å². The molecule has 3 aliphatic rings. The molecule has 24 heavy (non-hydrogen) atoms. The van der Waals surface area contributed by atoms with Gasteiger partial charge in [0, 0.05) is 39.0 Å². The smallest absolute Gasteiger partial charge is 0.274 e. The van der Waals surface area contributed by atoms with Gasteiger partial charge in [0.1, 0.15) is 0 Å². The molecular formula is C17H24N4O3. The third-order valence-corrected chi connectivity index (χ3v) is 5.18. The van der Waals surface area contributed by atoms with E-state index in [1.807, 2.05) is 11.0 Å².